The van der Waals surface area contributed by atoms with Crippen molar-refractivity contribution in [1.29, 1.82) is 0 Å². The highest BCUT2D eigenvalue weighted by Crippen LogP contribution is 2.21. The molecule has 1 aromatic heterocycles. The Morgan fingerprint density at radius 3 is 2.61 bits per heavy atom. The Morgan fingerprint density at radius 1 is 1.06 bits per heavy atom. The summed E-state index contributed by atoms with van der Waals surface area (Å²) >= 11 is 1.40. The maximum atomic E-state index is 12.5. The van der Waals surface area contributed by atoms with Gasteiger partial charge in [-0.3, -0.25) is 14.3 Å². The third-order valence-electron chi connectivity index (χ3n) is 5.80. The topological polar surface area (TPSA) is 63.1 Å². The van der Waals surface area contributed by atoms with Crippen LogP contribution in [0.3, 0.4) is 0 Å². The van der Waals surface area contributed by atoms with Gasteiger partial charge in [0.1, 0.15) is 6.33 Å². The number of thioether (sulfide) groups is 1. The number of hydrogen-bond acceptors (Lipinski definition) is 5. The first-order chi connectivity index (χ1) is 15.1. The van der Waals surface area contributed by atoms with Gasteiger partial charge in [0.2, 0.25) is 5.91 Å². The van der Waals surface area contributed by atoms with Crippen LogP contribution in [-0.4, -0.2) is 44.4 Å². The molecule has 3 aromatic rings. The number of aromatic nitrogens is 3. The highest BCUT2D eigenvalue weighted by Gasteiger charge is 2.14. The summed E-state index contributed by atoms with van der Waals surface area (Å²) in [7, 11) is 0. The zero-order valence-electron chi connectivity index (χ0n) is 18.2. The van der Waals surface area contributed by atoms with Crippen molar-refractivity contribution in [3.05, 3.63) is 71.0 Å². The summed E-state index contributed by atoms with van der Waals surface area (Å²) < 4.78 is 1.93. The number of amides is 1. The van der Waals surface area contributed by atoms with E-state index in [2.05, 4.69) is 64.6 Å². The van der Waals surface area contributed by atoms with Crippen LogP contribution >= 0.6 is 11.8 Å². The molecule has 0 spiro atoms. The summed E-state index contributed by atoms with van der Waals surface area (Å²) in [4.78, 5) is 15.0. The summed E-state index contributed by atoms with van der Waals surface area (Å²) in [6.07, 6.45) is 4.25. The molecule has 0 bridgehead atoms. The van der Waals surface area contributed by atoms with Gasteiger partial charge in [0.25, 0.3) is 0 Å². The Bertz CT molecular complexity index is 1040. The van der Waals surface area contributed by atoms with E-state index in [0.717, 1.165) is 12.2 Å². The third kappa shape index (κ3) is 5.54. The monoisotopic (exact) mass is 435 g/mol. The van der Waals surface area contributed by atoms with E-state index in [-0.39, 0.29) is 5.91 Å². The minimum absolute atomic E-state index is 0.00406. The normalized spacial score (nSPS) is 14.1. The molecule has 0 atom stereocenters. The number of carbonyl (C=O) groups is 1. The number of benzene rings is 2. The van der Waals surface area contributed by atoms with Gasteiger partial charge in [0, 0.05) is 18.8 Å². The molecule has 4 rings (SSSR count). The molecular formula is C24H29N5OS. The molecule has 1 aliphatic heterocycles. The van der Waals surface area contributed by atoms with E-state index in [0.29, 0.717) is 17.5 Å². The maximum absolute atomic E-state index is 12.5. The highest BCUT2D eigenvalue weighted by molar-refractivity contribution is 7.99. The number of hydrogen-bond donors (Lipinski definition) is 1. The van der Waals surface area contributed by atoms with E-state index in [9.17, 15) is 4.79 Å². The van der Waals surface area contributed by atoms with E-state index in [1.165, 1.54) is 59.9 Å². The van der Waals surface area contributed by atoms with Gasteiger partial charge >= 0.3 is 0 Å². The number of nitrogens with zero attached hydrogens (tertiary/aromatic N) is 4. The fourth-order valence-corrected chi connectivity index (χ4v) is 4.57. The molecule has 2 aromatic carbocycles. The summed E-state index contributed by atoms with van der Waals surface area (Å²) in [5.74, 6) is 0.299. The average Bonchev–Trinajstić information content (AvgIpc) is 3.45. The minimum atomic E-state index is -0.00406. The van der Waals surface area contributed by atoms with E-state index < -0.39 is 0 Å². The number of rotatable bonds is 8. The molecule has 0 aliphatic carbocycles. The van der Waals surface area contributed by atoms with Crippen molar-refractivity contribution >= 4 is 17.7 Å². The molecule has 0 radical (unpaired) electrons. The van der Waals surface area contributed by atoms with E-state index >= 15 is 0 Å². The lowest BCUT2D eigenvalue weighted by Gasteiger charge is -2.17. The zero-order chi connectivity index (χ0) is 21.6. The van der Waals surface area contributed by atoms with Crippen molar-refractivity contribution in [2.45, 2.75) is 44.9 Å². The van der Waals surface area contributed by atoms with E-state index in [1.54, 1.807) is 6.33 Å². The highest BCUT2D eigenvalue weighted by atomic mass is 32.2. The van der Waals surface area contributed by atoms with E-state index in [1.807, 2.05) is 16.7 Å². The van der Waals surface area contributed by atoms with Crippen molar-refractivity contribution in [2.24, 2.45) is 0 Å². The molecule has 1 amide bonds. The first-order valence-corrected chi connectivity index (χ1v) is 11.7. The predicted octanol–water partition coefficient (Wildman–Crippen LogP) is 3.89. The Labute approximate surface area is 188 Å². The molecule has 0 unspecified atom stereocenters. The molecule has 1 saturated heterocycles. The van der Waals surface area contributed by atoms with Crippen molar-refractivity contribution in [1.82, 2.24) is 25.0 Å². The molecule has 1 N–H and O–H groups in total. The van der Waals surface area contributed by atoms with Crippen LogP contribution in [0.4, 0.5) is 0 Å². The maximum Gasteiger partial charge on any atom is 0.230 e. The van der Waals surface area contributed by atoms with Crippen LogP contribution < -0.4 is 5.32 Å². The summed E-state index contributed by atoms with van der Waals surface area (Å²) in [5.41, 5.74) is 5.95. The Kier molecular flexibility index (Phi) is 7.04. The minimum Gasteiger partial charge on any atom is -0.351 e. The second kappa shape index (κ2) is 10.1. The van der Waals surface area contributed by atoms with Gasteiger partial charge in [-0.2, -0.15) is 0 Å². The van der Waals surface area contributed by atoms with Crippen LogP contribution in [0, 0.1) is 13.8 Å². The van der Waals surface area contributed by atoms with Crippen LogP contribution in [0.15, 0.2) is 53.9 Å². The van der Waals surface area contributed by atoms with Crippen molar-refractivity contribution in [3.63, 3.8) is 0 Å². The average molecular weight is 436 g/mol. The summed E-state index contributed by atoms with van der Waals surface area (Å²) in [5, 5.41) is 12.0. The van der Waals surface area contributed by atoms with Crippen molar-refractivity contribution < 1.29 is 4.79 Å². The van der Waals surface area contributed by atoms with Gasteiger partial charge in [-0.15, -0.1) is 10.2 Å². The standard InChI is InChI=1S/C24H29N5OS/c1-18-9-10-22(13-19(18)2)29-17-26-27-24(29)31-16-23(30)25-14-20-7-3-4-8-21(20)15-28-11-5-6-12-28/h3-4,7-10,13,17H,5-6,11-12,14-16H2,1-2H3,(H,25,30). The lowest BCUT2D eigenvalue weighted by Crippen LogP contribution is -2.26. The first-order valence-electron chi connectivity index (χ1n) is 10.8. The van der Waals surface area contributed by atoms with Gasteiger partial charge in [-0.1, -0.05) is 42.1 Å². The summed E-state index contributed by atoms with van der Waals surface area (Å²) in [6, 6.07) is 14.6. The van der Waals surface area contributed by atoms with Gasteiger partial charge in [0.15, 0.2) is 5.16 Å². The second-order valence-electron chi connectivity index (χ2n) is 8.07. The SMILES string of the molecule is Cc1ccc(-n2cnnc2SCC(=O)NCc2ccccc2CN2CCCC2)cc1C. The smallest absolute Gasteiger partial charge is 0.230 e. The first kappa shape index (κ1) is 21.6. The van der Waals surface area contributed by atoms with Crippen LogP contribution in [0.5, 0.6) is 0 Å². The van der Waals surface area contributed by atoms with E-state index in [4.69, 9.17) is 0 Å². The number of aryl methyl sites for hydroxylation is 2. The largest absolute Gasteiger partial charge is 0.351 e. The lowest BCUT2D eigenvalue weighted by molar-refractivity contribution is -0.118. The molecule has 162 valence electrons. The molecule has 1 fully saturated rings. The Morgan fingerprint density at radius 2 is 1.84 bits per heavy atom. The molecule has 6 nitrogen and oxygen atoms in total. The second-order valence-corrected chi connectivity index (χ2v) is 9.01. The third-order valence-corrected chi connectivity index (χ3v) is 6.75. The van der Waals surface area contributed by atoms with Crippen LogP contribution in [0.25, 0.3) is 5.69 Å². The van der Waals surface area contributed by atoms with Crippen molar-refractivity contribution in [2.75, 3.05) is 18.8 Å². The lowest BCUT2D eigenvalue weighted by atomic mass is 10.1. The molecule has 2 heterocycles. The van der Waals surface area contributed by atoms with Crippen LogP contribution in [0.1, 0.15) is 35.1 Å². The van der Waals surface area contributed by atoms with Gasteiger partial charge in [0.05, 0.1) is 5.75 Å². The molecule has 7 heteroatoms. The van der Waals surface area contributed by atoms with Crippen molar-refractivity contribution in [3.8, 4) is 5.69 Å². The summed E-state index contributed by atoms with van der Waals surface area (Å²) in [6.45, 7) is 8.02. The molecular weight excluding hydrogens is 406 g/mol. The number of nitrogens with one attached hydrogen (secondary N) is 1. The predicted molar refractivity (Wildman–Crippen MR) is 124 cm³/mol. The molecule has 31 heavy (non-hydrogen) atoms. The zero-order valence-corrected chi connectivity index (χ0v) is 19.0. The fraction of sp³-hybridized carbons (Fsp3) is 0.375. The molecule has 1 aliphatic rings. The molecule has 0 saturated carbocycles. The number of carbonyl (C=O) groups excluding carboxylic acids is 1. The Balaban J connectivity index is 1.33. The quantitative estimate of drug-likeness (QED) is 0.544. The van der Waals surface area contributed by atoms with Gasteiger partial charge in [-0.05, 0) is 74.2 Å². The van der Waals surface area contributed by atoms with Gasteiger partial charge < -0.3 is 5.32 Å². The Hall–Kier alpha value is -2.64. The van der Waals surface area contributed by atoms with Crippen LogP contribution in [-0.2, 0) is 17.9 Å². The number of likely N-dealkylation sites (tertiary alicyclic amines) is 1. The fourth-order valence-electron chi connectivity index (χ4n) is 3.82. The van der Waals surface area contributed by atoms with Crippen LogP contribution in [0.2, 0.25) is 0 Å². The van der Waals surface area contributed by atoms with Gasteiger partial charge in [-0.25, -0.2) is 0 Å².